The van der Waals surface area contributed by atoms with Gasteiger partial charge in [0, 0.05) is 18.0 Å². The van der Waals surface area contributed by atoms with E-state index >= 15 is 0 Å². The molecule has 0 fully saturated rings. The summed E-state index contributed by atoms with van der Waals surface area (Å²) in [6.07, 6.45) is 2.68. The zero-order valence-corrected chi connectivity index (χ0v) is 10.7. The summed E-state index contributed by atoms with van der Waals surface area (Å²) >= 11 is 5.75. The maximum atomic E-state index is 11.6. The molecule has 0 amide bonds. The minimum atomic E-state index is -3.26. The molecule has 0 bridgehead atoms. The van der Waals surface area contributed by atoms with E-state index in [1.165, 1.54) is 12.5 Å². The van der Waals surface area contributed by atoms with Crippen molar-refractivity contribution in [1.29, 1.82) is 0 Å². The van der Waals surface area contributed by atoms with Crippen molar-refractivity contribution in [3.8, 4) is 11.3 Å². The van der Waals surface area contributed by atoms with Gasteiger partial charge in [-0.05, 0) is 18.2 Å². The second-order valence-electron chi connectivity index (χ2n) is 3.63. The summed E-state index contributed by atoms with van der Waals surface area (Å²) in [5.41, 5.74) is 1.18. The SMILES string of the molecule is CS(=O)(=O)c1ccccc1-c1ccc(Cl)cn1. The molecule has 0 spiro atoms. The Kier molecular flexibility index (Phi) is 3.17. The zero-order valence-electron chi connectivity index (χ0n) is 9.09. The Bertz CT molecular complexity index is 636. The molecule has 2 aromatic rings. The van der Waals surface area contributed by atoms with Gasteiger partial charge in [-0.2, -0.15) is 0 Å². The highest BCUT2D eigenvalue weighted by Gasteiger charge is 2.14. The van der Waals surface area contributed by atoms with Crippen molar-refractivity contribution in [2.45, 2.75) is 4.90 Å². The summed E-state index contributed by atoms with van der Waals surface area (Å²) in [4.78, 5) is 4.40. The molecule has 0 N–H and O–H groups in total. The zero-order chi connectivity index (χ0) is 12.5. The largest absolute Gasteiger partial charge is 0.255 e. The van der Waals surface area contributed by atoms with E-state index in [-0.39, 0.29) is 4.90 Å². The van der Waals surface area contributed by atoms with E-state index < -0.39 is 9.84 Å². The molecule has 0 unspecified atom stereocenters. The Labute approximate surface area is 105 Å². The summed E-state index contributed by atoms with van der Waals surface area (Å²) in [5.74, 6) is 0. The smallest absolute Gasteiger partial charge is 0.176 e. The van der Waals surface area contributed by atoms with E-state index in [1.807, 2.05) is 0 Å². The highest BCUT2D eigenvalue weighted by atomic mass is 35.5. The maximum Gasteiger partial charge on any atom is 0.176 e. The van der Waals surface area contributed by atoms with E-state index in [4.69, 9.17) is 11.6 Å². The van der Waals surface area contributed by atoms with Crippen LogP contribution in [0.2, 0.25) is 5.02 Å². The molecule has 0 radical (unpaired) electrons. The monoisotopic (exact) mass is 267 g/mol. The van der Waals surface area contributed by atoms with Crippen LogP contribution >= 0.6 is 11.6 Å². The van der Waals surface area contributed by atoms with E-state index in [0.29, 0.717) is 16.3 Å². The van der Waals surface area contributed by atoms with Crippen LogP contribution in [0, 0.1) is 0 Å². The van der Waals surface area contributed by atoms with E-state index in [9.17, 15) is 8.42 Å². The van der Waals surface area contributed by atoms with Crippen molar-refractivity contribution in [2.75, 3.05) is 6.26 Å². The lowest BCUT2D eigenvalue weighted by atomic mass is 10.1. The Morgan fingerprint density at radius 1 is 1.12 bits per heavy atom. The van der Waals surface area contributed by atoms with Crippen molar-refractivity contribution in [3.05, 3.63) is 47.6 Å². The molecule has 0 saturated heterocycles. The van der Waals surface area contributed by atoms with E-state index in [1.54, 1.807) is 36.4 Å². The fraction of sp³-hybridized carbons (Fsp3) is 0.0833. The van der Waals surface area contributed by atoms with Gasteiger partial charge in [0.2, 0.25) is 0 Å². The molecule has 0 atom stereocenters. The van der Waals surface area contributed by atoms with Crippen molar-refractivity contribution < 1.29 is 8.42 Å². The first kappa shape index (κ1) is 12.1. The topological polar surface area (TPSA) is 47.0 Å². The molecular formula is C12H10ClNO2S. The molecular weight excluding hydrogens is 258 g/mol. The fourth-order valence-corrected chi connectivity index (χ4v) is 2.55. The molecule has 1 heterocycles. The van der Waals surface area contributed by atoms with E-state index in [0.717, 1.165) is 0 Å². The Morgan fingerprint density at radius 2 is 1.82 bits per heavy atom. The number of aromatic nitrogens is 1. The van der Waals surface area contributed by atoms with Gasteiger partial charge in [0.05, 0.1) is 15.6 Å². The van der Waals surface area contributed by atoms with Crippen molar-refractivity contribution >= 4 is 21.4 Å². The molecule has 0 aliphatic heterocycles. The lowest BCUT2D eigenvalue weighted by Crippen LogP contribution is -2.00. The van der Waals surface area contributed by atoms with Gasteiger partial charge in [0.1, 0.15) is 0 Å². The standard InChI is InChI=1S/C12H10ClNO2S/c1-17(15,16)12-5-3-2-4-10(12)11-7-6-9(13)8-14-11/h2-8H,1H3. The Balaban J connectivity index is 2.64. The van der Waals surface area contributed by atoms with Crippen LogP contribution in [0.15, 0.2) is 47.5 Å². The number of pyridine rings is 1. The van der Waals surface area contributed by atoms with Gasteiger partial charge in [-0.15, -0.1) is 0 Å². The first-order chi connectivity index (χ1) is 7.98. The third-order valence-corrected chi connectivity index (χ3v) is 3.67. The predicted octanol–water partition coefficient (Wildman–Crippen LogP) is 2.81. The van der Waals surface area contributed by atoms with Gasteiger partial charge in [-0.3, -0.25) is 4.98 Å². The third kappa shape index (κ3) is 2.65. The van der Waals surface area contributed by atoms with Gasteiger partial charge < -0.3 is 0 Å². The van der Waals surface area contributed by atoms with Crippen LogP contribution in [0.5, 0.6) is 0 Å². The van der Waals surface area contributed by atoms with Gasteiger partial charge >= 0.3 is 0 Å². The summed E-state index contributed by atoms with van der Waals surface area (Å²) < 4.78 is 23.3. The molecule has 2 rings (SSSR count). The lowest BCUT2D eigenvalue weighted by Gasteiger charge is -2.06. The first-order valence-corrected chi connectivity index (χ1v) is 7.16. The summed E-state index contributed by atoms with van der Waals surface area (Å²) in [5, 5.41) is 0.519. The van der Waals surface area contributed by atoms with Gasteiger partial charge in [-0.1, -0.05) is 29.8 Å². The molecule has 1 aromatic heterocycles. The maximum absolute atomic E-state index is 11.6. The molecule has 88 valence electrons. The van der Waals surface area contributed by atoms with Gasteiger partial charge in [0.15, 0.2) is 9.84 Å². The van der Waals surface area contributed by atoms with Crippen LogP contribution < -0.4 is 0 Å². The van der Waals surface area contributed by atoms with Gasteiger partial charge in [0.25, 0.3) is 0 Å². The van der Waals surface area contributed by atoms with Gasteiger partial charge in [-0.25, -0.2) is 8.42 Å². The fourth-order valence-electron chi connectivity index (χ4n) is 1.54. The third-order valence-electron chi connectivity index (χ3n) is 2.29. The van der Waals surface area contributed by atoms with Crippen LogP contribution in [0.25, 0.3) is 11.3 Å². The summed E-state index contributed by atoms with van der Waals surface area (Å²) in [6, 6.07) is 10.2. The van der Waals surface area contributed by atoms with E-state index in [2.05, 4.69) is 4.98 Å². The highest BCUT2D eigenvalue weighted by molar-refractivity contribution is 7.90. The molecule has 3 nitrogen and oxygen atoms in total. The van der Waals surface area contributed by atoms with Crippen molar-refractivity contribution in [3.63, 3.8) is 0 Å². The number of hydrogen-bond acceptors (Lipinski definition) is 3. The van der Waals surface area contributed by atoms with Crippen molar-refractivity contribution in [1.82, 2.24) is 4.98 Å². The molecule has 0 aliphatic rings. The number of rotatable bonds is 2. The van der Waals surface area contributed by atoms with Crippen molar-refractivity contribution in [2.24, 2.45) is 0 Å². The number of benzene rings is 1. The predicted molar refractivity (Wildman–Crippen MR) is 67.8 cm³/mol. The molecule has 0 aliphatic carbocycles. The molecule has 5 heteroatoms. The quantitative estimate of drug-likeness (QED) is 0.841. The Morgan fingerprint density at radius 3 is 2.41 bits per heavy atom. The van der Waals surface area contributed by atoms with Crippen LogP contribution in [0.1, 0.15) is 0 Å². The number of hydrogen-bond donors (Lipinski definition) is 0. The second kappa shape index (κ2) is 4.47. The van der Waals surface area contributed by atoms with Crippen LogP contribution in [-0.4, -0.2) is 19.7 Å². The highest BCUT2D eigenvalue weighted by Crippen LogP contribution is 2.26. The summed E-state index contributed by atoms with van der Waals surface area (Å²) in [7, 11) is -3.26. The molecule has 1 aromatic carbocycles. The normalized spacial score (nSPS) is 11.4. The minimum absolute atomic E-state index is 0.273. The van der Waals surface area contributed by atoms with Crippen LogP contribution in [0.3, 0.4) is 0 Å². The first-order valence-electron chi connectivity index (χ1n) is 4.89. The second-order valence-corrected chi connectivity index (χ2v) is 6.05. The lowest BCUT2D eigenvalue weighted by molar-refractivity contribution is 0.602. The average molecular weight is 268 g/mol. The van der Waals surface area contributed by atoms with Crippen LogP contribution in [-0.2, 0) is 9.84 Å². The summed E-state index contributed by atoms with van der Waals surface area (Å²) in [6.45, 7) is 0. The number of sulfone groups is 1. The number of halogens is 1. The minimum Gasteiger partial charge on any atom is -0.255 e. The number of nitrogens with zero attached hydrogens (tertiary/aromatic N) is 1. The average Bonchev–Trinajstić information content (AvgIpc) is 2.29. The van der Waals surface area contributed by atoms with Crippen LogP contribution in [0.4, 0.5) is 0 Å². The molecule has 17 heavy (non-hydrogen) atoms. The molecule has 0 saturated carbocycles. The Hall–Kier alpha value is -1.39.